The molecule has 1 heterocycles. The van der Waals surface area contributed by atoms with Crippen LogP contribution < -0.4 is 10.6 Å². The minimum absolute atomic E-state index is 0.358. The molecule has 0 bridgehead atoms. The summed E-state index contributed by atoms with van der Waals surface area (Å²) in [6.45, 7) is 1.54. The second-order valence-electron chi connectivity index (χ2n) is 6.54. The van der Waals surface area contributed by atoms with E-state index in [1.54, 1.807) is 11.7 Å². The molecular weight excluding hydrogens is 334 g/mol. The molecule has 5 heteroatoms. The third-order valence-corrected chi connectivity index (χ3v) is 4.57. The predicted octanol–water partition coefficient (Wildman–Crippen LogP) is 3.31. The van der Waals surface area contributed by atoms with Gasteiger partial charge in [-0.3, -0.25) is 9.67 Å². The Morgan fingerprint density at radius 1 is 1.00 bits per heavy atom. The van der Waals surface area contributed by atoms with Gasteiger partial charge in [0, 0.05) is 44.9 Å². The Bertz CT molecular complexity index is 800. The van der Waals surface area contributed by atoms with E-state index >= 15 is 0 Å². The van der Waals surface area contributed by atoms with Gasteiger partial charge < -0.3 is 10.6 Å². The third kappa shape index (κ3) is 5.45. The van der Waals surface area contributed by atoms with E-state index in [0.717, 1.165) is 24.5 Å². The van der Waals surface area contributed by atoms with Crippen LogP contribution in [0.3, 0.4) is 0 Å². The molecule has 0 fully saturated rings. The standard InChI is InChI=1S/C22H27N5/c1-23-22(25-15-18-16-26-27(2)17-18)24-14-13-21(19-9-5-3-6-10-19)20-11-7-4-8-12-20/h3-12,16-17,21H,13-15H2,1-2H3,(H2,23,24,25). The van der Waals surface area contributed by atoms with Crippen molar-refractivity contribution < 1.29 is 0 Å². The van der Waals surface area contributed by atoms with Crippen molar-refractivity contribution >= 4 is 5.96 Å². The molecule has 0 atom stereocenters. The van der Waals surface area contributed by atoms with E-state index < -0.39 is 0 Å². The van der Waals surface area contributed by atoms with E-state index in [2.05, 4.69) is 81.4 Å². The van der Waals surface area contributed by atoms with Crippen LogP contribution in [-0.2, 0) is 13.6 Å². The number of aryl methyl sites for hydroxylation is 1. The smallest absolute Gasteiger partial charge is 0.191 e. The molecule has 0 saturated carbocycles. The molecule has 0 aliphatic heterocycles. The van der Waals surface area contributed by atoms with Gasteiger partial charge in [0.25, 0.3) is 0 Å². The zero-order chi connectivity index (χ0) is 18.9. The Hall–Kier alpha value is -3.08. The van der Waals surface area contributed by atoms with Crippen molar-refractivity contribution in [1.29, 1.82) is 0 Å². The highest BCUT2D eigenvalue weighted by Gasteiger charge is 2.13. The lowest BCUT2D eigenvalue weighted by Crippen LogP contribution is -2.37. The van der Waals surface area contributed by atoms with E-state index in [-0.39, 0.29) is 0 Å². The zero-order valence-corrected chi connectivity index (χ0v) is 16.0. The topological polar surface area (TPSA) is 54.2 Å². The Kier molecular flexibility index (Phi) is 6.63. The van der Waals surface area contributed by atoms with Gasteiger partial charge in [-0.2, -0.15) is 5.10 Å². The highest BCUT2D eigenvalue weighted by atomic mass is 15.2. The number of aliphatic imine (C=N–C) groups is 1. The average molecular weight is 361 g/mol. The quantitative estimate of drug-likeness (QED) is 0.501. The Balaban J connectivity index is 1.58. The van der Waals surface area contributed by atoms with Crippen molar-refractivity contribution in [2.75, 3.05) is 13.6 Å². The fourth-order valence-corrected chi connectivity index (χ4v) is 3.20. The van der Waals surface area contributed by atoms with E-state index in [1.165, 1.54) is 11.1 Å². The highest BCUT2D eigenvalue weighted by Crippen LogP contribution is 2.27. The lowest BCUT2D eigenvalue weighted by Gasteiger charge is -2.19. The maximum absolute atomic E-state index is 4.32. The predicted molar refractivity (Wildman–Crippen MR) is 111 cm³/mol. The first-order valence-corrected chi connectivity index (χ1v) is 9.28. The van der Waals surface area contributed by atoms with Crippen molar-refractivity contribution in [3.05, 3.63) is 89.7 Å². The van der Waals surface area contributed by atoms with Crippen LogP contribution in [0.1, 0.15) is 29.0 Å². The van der Waals surface area contributed by atoms with Crippen molar-refractivity contribution in [1.82, 2.24) is 20.4 Å². The second-order valence-corrected chi connectivity index (χ2v) is 6.54. The molecule has 2 aromatic carbocycles. The van der Waals surface area contributed by atoms with E-state index in [4.69, 9.17) is 0 Å². The van der Waals surface area contributed by atoms with Gasteiger partial charge in [-0.05, 0) is 17.5 Å². The van der Waals surface area contributed by atoms with E-state index in [0.29, 0.717) is 12.5 Å². The van der Waals surface area contributed by atoms with Crippen LogP contribution in [0.5, 0.6) is 0 Å². The van der Waals surface area contributed by atoms with Gasteiger partial charge in [0.2, 0.25) is 0 Å². The monoisotopic (exact) mass is 361 g/mol. The van der Waals surface area contributed by atoms with E-state index in [9.17, 15) is 0 Å². The van der Waals surface area contributed by atoms with Crippen molar-refractivity contribution in [3.8, 4) is 0 Å². The largest absolute Gasteiger partial charge is 0.356 e. The molecule has 140 valence electrons. The van der Waals surface area contributed by atoms with Gasteiger partial charge in [0.15, 0.2) is 5.96 Å². The van der Waals surface area contributed by atoms with Gasteiger partial charge >= 0.3 is 0 Å². The molecule has 0 saturated heterocycles. The molecule has 0 aliphatic rings. The number of aromatic nitrogens is 2. The maximum Gasteiger partial charge on any atom is 0.191 e. The molecule has 27 heavy (non-hydrogen) atoms. The first kappa shape index (κ1) is 18.7. The Morgan fingerprint density at radius 2 is 1.63 bits per heavy atom. The summed E-state index contributed by atoms with van der Waals surface area (Å²) in [6.07, 6.45) is 4.85. The van der Waals surface area contributed by atoms with Crippen LogP contribution in [0.25, 0.3) is 0 Å². The van der Waals surface area contributed by atoms with E-state index in [1.807, 2.05) is 19.4 Å². The number of guanidine groups is 1. The molecule has 1 aromatic heterocycles. The van der Waals surface area contributed by atoms with Crippen molar-refractivity contribution in [2.45, 2.75) is 18.9 Å². The first-order chi connectivity index (χ1) is 13.3. The fraction of sp³-hybridized carbons (Fsp3) is 0.273. The van der Waals surface area contributed by atoms with Crippen LogP contribution >= 0.6 is 0 Å². The first-order valence-electron chi connectivity index (χ1n) is 9.28. The molecule has 3 aromatic rings. The maximum atomic E-state index is 4.32. The normalized spacial score (nSPS) is 11.6. The molecule has 5 nitrogen and oxygen atoms in total. The highest BCUT2D eigenvalue weighted by molar-refractivity contribution is 5.79. The summed E-state index contributed by atoms with van der Waals surface area (Å²) < 4.78 is 1.80. The Labute approximate surface area is 161 Å². The van der Waals surface area contributed by atoms with Crippen molar-refractivity contribution in [2.24, 2.45) is 12.0 Å². The Morgan fingerprint density at radius 3 is 2.15 bits per heavy atom. The number of nitrogens with one attached hydrogen (secondary N) is 2. The minimum atomic E-state index is 0.358. The molecule has 0 unspecified atom stereocenters. The van der Waals surface area contributed by atoms with Crippen LogP contribution in [0.2, 0.25) is 0 Å². The summed E-state index contributed by atoms with van der Waals surface area (Å²) in [5, 5.41) is 11.0. The molecule has 3 rings (SSSR count). The summed E-state index contributed by atoms with van der Waals surface area (Å²) in [7, 11) is 3.72. The molecule has 0 amide bonds. The number of nitrogens with zero attached hydrogens (tertiary/aromatic N) is 3. The van der Waals surface area contributed by atoms with Crippen molar-refractivity contribution in [3.63, 3.8) is 0 Å². The molecule has 0 spiro atoms. The van der Waals surface area contributed by atoms with Crippen LogP contribution in [-0.4, -0.2) is 29.3 Å². The zero-order valence-electron chi connectivity index (χ0n) is 16.0. The van der Waals surface area contributed by atoms with Gasteiger partial charge in [-0.15, -0.1) is 0 Å². The van der Waals surface area contributed by atoms with Crippen LogP contribution in [0.4, 0.5) is 0 Å². The number of hydrogen-bond donors (Lipinski definition) is 2. The number of benzene rings is 2. The SMILES string of the molecule is CN=C(NCCC(c1ccccc1)c1ccccc1)NCc1cnn(C)c1. The van der Waals surface area contributed by atoms with Gasteiger partial charge in [-0.25, -0.2) is 0 Å². The minimum Gasteiger partial charge on any atom is -0.356 e. The molecule has 2 N–H and O–H groups in total. The number of hydrogen-bond acceptors (Lipinski definition) is 2. The van der Waals surface area contributed by atoms with Gasteiger partial charge in [0.05, 0.1) is 6.20 Å². The lowest BCUT2D eigenvalue weighted by atomic mass is 9.88. The summed E-state index contributed by atoms with van der Waals surface area (Å²) in [5.74, 6) is 1.16. The summed E-state index contributed by atoms with van der Waals surface area (Å²) in [6, 6.07) is 21.4. The third-order valence-electron chi connectivity index (χ3n) is 4.57. The number of rotatable bonds is 7. The molecule has 0 aliphatic carbocycles. The average Bonchev–Trinajstić information content (AvgIpc) is 3.14. The summed E-state index contributed by atoms with van der Waals surface area (Å²) >= 11 is 0. The second kappa shape index (κ2) is 9.57. The lowest BCUT2D eigenvalue weighted by molar-refractivity contribution is 0.678. The van der Waals surface area contributed by atoms with Crippen LogP contribution in [0, 0.1) is 0 Å². The van der Waals surface area contributed by atoms with Gasteiger partial charge in [-0.1, -0.05) is 60.7 Å². The fourth-order valence-electron chi connectivity index (χ4n) is 3.20. The summed E-state index contributed by atoms with van der Waals surface area (Å²) in [5.41, 5.74) is 3.81. The molecular formula is C22H27N5. The molecule has 0 radical (unpaired) electrons. The summed E-state index contributed by atoms with van der Waals surface area (Å²) in [4.78, 5) is 4.32. The van der Waals surface area contributed by atoms with Gasteiger partial charge in [0.1, 0.15) is 0 Å². The van der Waals surface area contributed by atoms with Crippen LogP contribution in [0.15, 0.2) is 78.0 Å².